The predicted molar refractivity (Wildman–Crippen MR) is 118 cm³/mol. The number of nitrogens with two attached hydrogens (primary N) is 1. The molecule has 0 saturated carbocycles. The van der Waals surface area contributed by atoms with Crippen molar-refractivity contribution in [3.63, 3.8) is 0 Å². The van der Waals surface area contributed by atoms with Crippen LogP contribution in [0.5, 0.6) is 0 Å². The van der Waals surface area contributed by atoms with Crippen LogP contribution >= 0.6 is 35.3 Å². The van der Waals surface area contributed by atoms with Crippen molar-refractivity contribution < 1.29 is 0 Å². The van der Waals surface area contributed by atoms with Gasteiger partial charge in [-0.1, -0.05) is 13.0 Å². The van der Waals surface area contributed by atoms with E-state index in [9.17, 15) is 0 Å². The van der Waals surface area contributed by atoms with Gasteiger partial charge in [0.25, 0.3) is 0 Å². The summed E-state index contributed by atoms with van der Waals surface area (Å²) < 4.78 is 0. The van der Waals surface area contributed by atoms with E-state index in [0.717, 1.165) is 19.6 Å². The van der Waals surface area contributed by atoms with Crippen LogP contribution in [0.1, 0.15) is 43.5 Å². The summed E-state index contributed by atoms with van der Waals surface area (Å²) in [4.78, 5) is 11.2. The molecular weight excluding hydrogens is 445 g/mol. The van der Waals surface area contributed by atoms with Gasteiger partial charge in [-0.05, 0) is 63.3 Å². The Labute approximate surface area is 173 Å². The topological polar surface area (TPSA) is 56.9 Å². The molecule has 2 fully saturated rings. The van der Waals surface area contributed by atoms with Gasteiger partial charge in [0.15, 0.2) is 5.96 Å². The Hall–Kier alpha value is -0.380. The highest BCUT2D eigenvalue weighted by molar-refractivity contribution is 14.0. The number of rotatable bonds is 7. The van der Waals surface area contributed by atoms with E-state index in [1.54, 1.807) is 0 Å². The maximum Gasteiger partial charge on any atom is 0.188 e. The number of nitrogens with one attached hydrogen (secondary N) is 1. The normalized spacial score (nSPS) is 23.6. The Morgan fingerprint density at radius 1 is 1.36 bits per heavy atom. The van der Waals surface area contributed by atoms with E-state index in [1.165, 1.54) is 50.2 Å². The van der Waals surface area contributed by atoms with Crippen LogP contribution in [0, 0.1) is 0 Å². The summed E-state index contributed by atoms with van der Waals surface area (Å²) in [5.74, 6) is 0.596. The first kappa shape index (κ1) is 20.9. The van der Waals surface area contributed by atoms with Gasteiger partial charge in [0.05, 0.1) is 12.6 Å². The zero-order chi connectivity index (χ0) is 16.8. The van der Waals surface area contributed by atoms with E-state index < -0.39 is 0 Å². The van der Waals surface area contributed by atoms with E-state index in [4.69, 9.17) is 5.73 Å². The van der Waals surface area contributed by atoms with Crippen LogP contribution in [0.15, 0.2) is 22.5 Å². The van der Waals surface area contributed by atoms with Crippen molar-refractivity contribution in [2.75, 3.05) is 39.3 Å². The second-order valence-corrected chi connectivity index (χ2v) is 7.79. The summed E-state index contributed by atoms with van der Waals surface area (Å²) in [6.45, 7) is 8.60. The number of likely N-dealkylation sites (tertiary alicyclic amines) is 2. The largest absolute Gasteiger partial charge is 0.370 e. The predicted octanol–water partition coefficient (Wildman–Crippen LogP) is 2.89. The molecular formula is C18H32IN5S. The maximum absolute atomic E-state index is 6.14. The number of guanidine groups is 1. The molecule has 1 aromatic heterocycles. The van der Waals surface area contributed by atoms with Crippen molar-refractivity contribution in [3.05, 3.63) is 22.4 Å². The quantitative estimate of drug-likeness (QED) is 0.360. The summed E-state index contributed by atoms with van der Waals surface area (Å²) in [7, 11) is 0. The Morgan fingerprint density at radius 3 is 2.84 bits per heavy atom. The van der Waals surface area contributed by atoms with Gasteiger partial charge in [-0.15, -0.1) is 35.3 Å². The minimum Gasteiger partial charge on any atom is -0.370 e. The molecule has 0 aromatic carbocycles. The van der Waals surface area contributed by atoms with Crippen LogP contribution in [-0.2, 0) is 0 Å². The minimum atomic E-state index is 0. The molecule has 2 aliphatic rings. The fraction of sp³-hybridized carbons (Fsp3) is 0.722. The molecule has 25 heavy (non-hydrogen) atoms. The lowest BCUT2D eigenvalue weighted by atomic mass is 10.2. The third kappa shape index (κ3) is 5.80. The van der Waals surface area contributed by atoms with Crippen LogP contribution < -0.4 is 11.1 Å². The summed E-state index contributed by atoms with van der Waals surface area (Å²) in [6, 6.07) is 5.35. The molecule has 3 heterocycles. The minimum absolute atomic E-state index is 0. The molecule has 2 saturated heterocycles. The molecule has 1 aromatic rings. The average molecular weight is 477 g/mol. The molecule has 2 atom stereocenters. The number of hydrogen-bond donors (Lipinski definition) is 2. The highest BCUT2D eigenvalue weighted by atomic mass is 127. The van der Waals surface area contributed by atoms with Crippen molar-refractivity contribution in [2.24, 2.45) is 10.7 Å². The van der Waals surface area contributed by atoms with E-state index >= 15 is 0 Å². The summed E-state index contributed by atoms with van der Waals surface area (Å²) in [5, 5.41) is 5.51. The number of halogens is 1. The molecule has 7 heteroatoms. The average Bonchev–Trinajstić information content (AvgIpc) is 3.34. The maximum atomic E-state index is 6.14. The van der Waals surface area contributed by atoms with Crippen LogP contribution in [-0.4, -0.2) is 61.1 Å². The van der Waals surface area contributed by atoms with Crippen molar-refractivity contribution in [1.29, 1.82) is 0 Å². The third-order valence-electron chi connectivity index (χ3n) is 5.31. The lowest BCUT2D eigenvalue weighted by Crippen LogP contribution is -2.43. The molecule has 0 aliphatic carbocycles. The van der Waals surface area contributed by atoms with E-state index in [1.807, 2.05) is 11.3 Å². The molecule has 5 nitrogen and oxygen atoms in total. The van der Waals surface area contributed by atoms with Crippen LogP contribution in [0.4, 0.5) is 0 Å². The van der Waals surface area contributed by atoms with Gasteiger partial charge in [0.1, 0.15) is 0 Å². The number of nitrogens with zero attached hydrogens (tertiary/aromatic N) is 3. The standard InChI is InChI=1S/C18H31N5S.HI/c1-2-22-11-5-7-15(22)13-20-18(19)21-14-16(17-8-6-12-24-17)23-9-3-4-10-23;/h6,8,12,15-16H,2-5,7,9-11,13-14H2,1H3,(H3,19,20,21);1H. The SMILES string of the molecule is CCN1CCCC1CNC(N)=NCC(c1cccs1)N1CCCC1.I. The number of thiophene rings is 1. The van der Waals surface area contributed by atoms with Gasteiger partial charge < -0.3 is 11.1 Å². The van der Waals surface area contributed by atoms with Crippen LogP contribution in [0.3, 0.4) is 0 Å². The van der Waals surface area contributed by atoms with Gasteiger partial charge in [-0.25, -0.2) is 0 Å². The van der Waals surface area contributed by atoms with Gasteiger partial charge in [-0.2, -0.15) is 0 Å². The summed E-state index contributed by atoms with van der Waals surface area (Å²) >= 11 is 1.83. The summed E-state index contributed by atoms with van der Waals surface area (Å²) in [5.41, 5.74) is 6.14. The van der Waals surface area contributed by atoms with Gasteiger partial charge in [-0.3, -0.25) is 14.8 Å². The third-order valence-corrected chi connectivity index (χ3v) is 6.29. The van der Waals surface area contributed by atoms with E-state index in [0.29, 0.717) is 18.0 Å². The van der Waals surface area contributed by atoms with E-state index in [2.05, 4.69) is 44.5 Å². The zero-order valence-electron chi connectivity index (χ0n) is 15.2. The Bertz CT molecular complexity index is 516. The molecule has 2 unspecified atom stereocenters. The molecule has 0 spiro atoms. The number of hydrogen-bond acceptors (Lipinski definition) is 4. The van der Waals surface area contributed by atoms with Crippen molar-refractivity contribution in [1.82, 2.24) is 15.1 Å². The highest BCUT2D eigenvalue weighted by Gasteiger charge is 2.25. The lowest BCUT2D eigenvalue weighted by molar-refractivity contribution is 0.254. The Kier molecular flexibility index (Phi) is 8.95. The molecule has 3 rings (SSSR count). The molecule has 3 N–H and O–H groups in total. The van der Waals surface area contributed by atoms with Gasteiger partial charge in [0, 0.05) is 17.5 Å². The number of likely N-dealkylation sites (N-methyl/N-ethyl adjacent to an activating group) is 1. The summed E-state index contributed by atoms with van der Waals surface area (Å²) in [6.07, 6.45) is 5.16. The van der Waals surface area contributed by atoms with Crippen molar-refractivity contribution in [3.8, 4) is 0 Å². The first-order valence-electron chi connectivity index (χ1n) is 9.33. The lowest BCUT2D eigenvalue weighted by Gasteiger charge is -2.26. The molecule has 142 valence electrons. The fourth-order valence-electron chi connectivity index (χ4n) is 3.93. The van der Waals surface area contributed by atoms with E-state index in [-0.39, 0.29) is 24.0 Å². The monoisotopic (exact) mass is 477 g/mol. The smallest absolute Gasteiger partial charge is 0.188 e. The van der Waals surface area contributed by atoms with Crippen LogP contribution in [0.2, 0.25) is 0 Å². The molecule has 2 aliphatic heterocycles. The second kappa shape index (κ2) is 10.7. The highest BCUT2D eigenvalue weighted by Crippen LogP contribution is 2.28. The van der Waals surface area contributed by atoms with Gasteiger partial charge >= 0.3 is 0 Å². The Morgan fingerprint density at radius 2 is 2.16 bits per heavy atom. The van der Waals surface area contributed by atoms with Crippen LogP contribution in [0.25, 0.3) is 0 Å². The van der Waals surface area contributed by atoms with Crippen molar-refractivity contribution in [2.45, 2.75) is 44.7 Å². The number of aliphatic imine (C=N–C) groups is 1. The van der Waals surface area contributed by atoms with Crippen molar-refractivity contribution >= 4 is 41.3 Å². The molecule has 0 bridgehead atoms. The van der Waals surface area contributed by atoms with Gasteiger partial charge in [0.2, 0.25) is 0 Å². The second-order valence-electron chi connectivity index (χ2n) is 6.81. The molecule has 0 radical (unpaired) electrons. The Balaban J connectivity index is 0.00000225. The fourth-order valence-corrected chi connectivity index (χ4v) is 4.78. The first-order valence-corrected chi connectivity index (χ1v) is 10.2. The first-order chi connectivity index (χ1) is 11.8. The zero-order valence-corrected chi connectivity index (χ0v) is 18.3. The molecule has 0 amide bonds.